The van der Waals surface area contributed by atoms with Crippen LogP contribution in [0.5, 0.6) is 0 Å². The Morgan fingerprint density at radius 2 is 2.22 bits per heavy atom. The van der Waals surface area contributed by atoms with Crippen molar-refractivity contribution in [3.05, 3.63) is 45.6 Å². The predicted molar refractivity (Wildman–Crippen MR) is 67.5 cm³/mol. The van der Waals surface area contributed by atoms with E-state index in [2.05, 4.69) is 5.32 Å². The van der Waals surface area contributed by atoms with Crippen molar-refractivity contribution in [2.45, 2.75) is 20.3 Å². The number of nitro benzene ring substituents is 1. The molecule has 0 aliphatic carbocycles. The molecule has 6 heteroatoms. The molecule has 0 amide bonds. The molecule has 0 heterocycles. The number of carbonyl (C=O) groups is 1. The lowest BCUT2D eigenvalue weighted by atomic mass is 10.2. The second-order valence-electron chi connectivity index (χ2n) is 3.71. The Hall–Kier alpha value is -2.37. The van der Waals surface area contributed by atoms with Gasteiger partial charge in [-0.05, 0) is 19.4 Å². The molecule has 96 valence electrons. The van der Waals surface area contributed by atoms with E-state index >= 15 is 0 Å². The van der Waals surface area contributed by atoms with Gasteiger partial charge in [0.2, 0.25) is 0 Å². The number of benzene rings is 1. The van der Waals surface area contributed by atoms with Crippen molar-refractivity contribution in [2.24, 2.45) is 0 Å². The van der Waals surface area contributed by atoms with Crippen LogP contribution in [0, 0.1) is 17.0 Å². The first kappa shape index (κ1) is 13.7. The van der Waals surface area contributed by atoms with Gasteiger partial charge in [0.1, 0.15) is 5.70 Å². The molecule has 0 radical (unpaired) electrons. The number of aryl methyl sites for hydroxylation is 1. The van der Waals surface area contributed by atoms with Crippen LogP contribution in [0.15, 0.2) is 30.0 Å². The molecule has 0 saturated heterocycles. The predicted octanol–water partition coefficient (Wildman–Crippen LogP) is 2.69. The van der Waals surface area contributed by atoms with E-state index in [1.54, 1.807) is 19.1 Å². The van der Waals surface area contributed by atoms with E-state index in [9.17, 15) is 14.9 Å². The van der Waals surface area contributed by atoms with Crippen LogP contribution in [0.3, 0.4) is 0 Å². The third-order valence-electron chi connectivity index (χ3n) is 2.32. The molecule has 18 heavy (non-hydrogen) atoms. The van der Waals surface area contributed by atoms with Crippen molar-refractivity contribution >= 4 is 17.3 Å². The van der Waals surface area contributed by atoms with Gasteiger partial charge in [-0.3, -0.25) is 10.1 Å². The highest BCUT2D eigenvalue weighted by atomic mass is 16.6. The summed E-state index contributed by atoms with van der Waals surface area (Å²) in [5.74, 6) is -1.10. The fourth-order valence-electron chi connectivity index (χ4n) is 1.44. The highest BCUT2D eigenvalue weighted by Crippen LogP contribution is 2.23. The molecule has 0 fully saturated rings. The maximum absolute atomic E-state index is 10.9. The molecule has 0 atom stereocenters. The van der Waals surface area contributed by atoms with Gasteiger partial charge < -0.3 is 10.4 Å². The first-order chi connectivity index (χ1) is 8.45. The Morgan fingerprint density at radius 1 is 1.56 bits per heavy atom. The third kappa shape index (κ3) is 3.31. The number of rotatable bonds is 5. The van der Waals surface area contributed by atoms with Gasteiger partial charge in [0.05, 0.1) is 4.92 Å². The van der Waals surface area contributed by atoms with Crippen LogP contribution in [-0.2, 0) is 4.79 Å². The van der Waals surface area contributed by atoms with Crippen LogP contribution in [0.2, 0.25) is 0 Å². The largest absolute Gasteiger partial charge is 0.477 e. The fraction of sp³-hybridized carbons (Fsp3) is 0.250. The number of carboxylic acid groups (broad SMARTS) is 1. The monoisotopic (exact) mass is 250 g/mol. The smallest absolute Gasteiger partial charge is 0.351 e. The summed E-state index contributed by atoms with van der Waals surface area (Å²) in [4.78, 5) is 21.2. The summed E-state index contributed by atoms with van der Waals surface area (Å²) in [6.45, 7) is 3.43. The average molecular weight is 250 g/mol. The Labute approximate surface area is 104 Å². The standard InChI is InChI=1S/C12H14N2O4/c1-3-4-10(12(15)16)13-9-6-5-8(2)11(7-9)14(17)18/h4-7,13H,3H2,1-2H3,(H,15,16)/b10-4+. The number of nitro groups is 1. The zero-order chi connectivity index (χ0) is 13.7. The second-order valence-corrected chi connectivity index (χ2v) is 3.71. The quantitative estimate of drug-likeness (QED) is 0.476. The minimum Gasteiger partial charge on any atom is -0.477 e. The van der Waals surface area contributed by atoms with Crippen LogP contribution >= 0.6 is 0 Å². The first-order valence-electron chi connectivity index (χ1n) is 5.41. The van der Waals surface area contributed by atoms with E-state index in [-0.39, 0.29) is 11.4 Å². The number of anilines is 1. The molecule has 1 aromatic rings. The number of carboxylic acids is 1. The van der Waals surface area contributed by atoms with E-state index < -0.39 is 10.9 Å². The molecule has 0 aliphatic rings. The molecule has 6 nitrogen and oxygen atoms in total. The van der Waals surface area contributed by atoms with Gasteiger partial charge in [0.15, 0.2) is 0 Å². The molecule has 0 aliphatic heterocycles. The van der Waals surface area contributed by atoms with Gasteiger partial charge in [-0.15, -0.1) is 0 Å². The van der Waals surface area contributed by atoms with E-state index in [1.165, 1.54) is 12.1 Å². The summed E-state index contributed by atoms with van der Waals surface area (Å²) in [6.07, 6.45) is 2.07. The molecular weight excluding hydrogens is 236 g/mol. The molecule has 0 bridgehead atoms. The number of allylic oxidation sites excluding steroid dienone is 1. The van der Waals surface area contributed by atoms with Crippen molar-refractivity contribution < 1.29 is 14.8 Å². The SMILES string of the molecule is CC/C=C(/Nc1ccc(C)c([N+](=O)[O-])c1)C(=O)O. The maximum atomic E-state index is 10.9. The molecule has 0 unspecified atom stereocenters. The lowest BCUT2D eigenvalue weighted by Crippen LogP contribution is -2.10. The van der Waals surface area contributed by atoms with E-state index in [4.69, 9.17) is 5.11 Å². The van der Waals surface area contributed by atoms with Crippen LogP contribution in [0.4, 0.5) is 11.4 Å². The summed E-state index contributed by atoms with van der Waals surface area (Å²) in [5, 5.41) is 22.4. The number of nitrogens with zero attached hydrogens (tertiary/aromatic N) is 1. The Bertz CT molecular complexity index is 509. The normalized spacial score (nSPS) is 11.1. The topological polar surface area (TPSA) is 92.5 Å². The Morgan fingerprint density at radius 3 is 2.72 bits per heavy atom. The van der Waals surface area contributed by atoms with E-state index in [0.29, 0.717) is 17.7 Å². The second kappa shape index (κ2) is 5.81. The van der Waals surface area contributed by atoms with Gasteiger partial charge in [-0.1, -0.05) is 19.1 Å². The Kier molecular flexibility index (Phi) is 4.42. The lowest BCUT2D eigenvalue weighted by Gasteiger charge is -2.07. The van der Waals surface area contributed by atoms with Gasteiger partial charge in [-0.25, -0.2) is 4.79 Å². The van der Waals surface area contributed by atoms with Crippen molar-refractivity contribution in [1.82, 2.24) is 0 Å². The zero-order valence-corrected chi connectivity index (χ0v) is 10.1. The molecule has 0 saturated carbocycles. The van der Waals surface area contributed by atoms with Crippen LogP contribution < -0.4 is 5.32 Å². The van der Waals surface area contributed by atoms with Crippen LogP contribution in [0.1, 0.15) is 18.9 Å². The molecule has 2 N–H and O–H groups in total. The lowest BCUT2D eigenvalue weighted by molar-refractivity contribution is -0.385. The van der Waals surface area contributed by atoms with Gasteiger partial charge in [0, 0.05) is 17.3 Å². The van der Waals surface area contributed by atoms with Gasteiger partial charge >= 0.3 is 5.97 Å². The van der Waals surface area contributed by atoms with Gasteiger partial charge in [0.25, 0.3) is 5.69 Å². The molecule has 0 aromatic heterocycles. The minimum absolute atomic E-state index is 0.00986. The summed E-state index contributed by atoms with van der Waals surface area (Å²) < 4.78 is 0. The summed E-state index contributed by atoms with van der Waals surface area (Å²) in [7, 11) is 0. The number of hydrogen-bond donors (Lipinski definition) is 2. The van der Waals surface area contributed by atoms with Crippen LogP contribution in [0.25, 0.3) is 0 Å². The summed E-state index contributed by atoms with van der Waals surface area (Å²) in [6, 6.07) is 4.50. The molecule has 1 aromatic carbocycles. The average Bonchev–Trinajstić information content (AvgIpc) is 2.30. The van der Waals surface area contributed by atoms with Gasteiger partial charge in [-0.2, -0.15) is 0 Å². The Balaban J connectivity index is 3.05. The zero-order valence-electron chi connectivity index (χ0n) is 10.1. The minimum atomic E-state index is -1.10. The molecular formula is C12H14N2O4. The highest BCUT2D eigenvalue weighted by Gasteiger charge is 2.13. The van der Waals surface area contributed by atoms with E-state index in [0.717, 1.165) is 0 Å². The molecule has 0 spiro atoms. The van der Waals surface area contributed by atoms with Crippen molar-refractivity contribution in [1.29, 1.82) is 0 Å². The van der Waals surface area contributed by atoms with Crippen molar-refractivity contribution in [3.8, 4) is 0 Å². The number of nitrogens with one attached hydrogen (secondary N) is 1. The number of hydrogen-bond acceptors (Lipinski definition) is 4. The van der Waals surface area contributed by atoms with Crippen molar-refractivity contribution in [3.63, 3.8) is 0 Å². The third-order valence-corrected chi connectivity index (χ3v) is 2.32. The fourth-order valence-corrected chi connectivity index (χ4v) is 1.44. The van der Waals surface area contributed by atoms with Crippen molar-refractivity contribution in [2.75, 3.05) is 5.32 Å². The summed E-state index contributed by atoms with van der Waals surface area (Å²) >= 11 is 0. The van der Waals surface area contributed by atoms with E-state index in [1.807, 2.05) is 6.92 Å². The number of aliphatic carboxylic acids is 1. The maximum Gasteiger partial charge on any atom is 0.351 e. The first-order valence-corrected chi connectivity index (χ1v) is 5.41. The summed E-state index contributed by atoms with van der Waals surface area (Å²) in [5.41, 5.74) is 0.883. The highest BCUT2D eigenvalue weighted by molar-refractivity contribution is 5.90. The molecule has 1 rings (SSSR count). The van der Waals surface area contributed by atoms with Crippen LogP contribution in [-0.4, -0.2) is 16.0 Å².